The minimum absolute atomic E-state index is 0.796. The third-order valence-corrected chi connectivity index (χ3v) is 4.49. The Labute approximate surface area is 102 Å². The zero-order valence-electron chi connectivity index (χ0n) is 10.1. The Morgan fingerprint density at radius 3 is 3.12 bits per heavy atom. The van der Waals surface area contributed by atoms with Gasteiger partial charge in [-0.05, 0) is 37.4 Å². The number of benzene rings is 1. The van der Waals surface area contributed by atoms with E-state index in [2.05, 4.69) is 34.1 Å². The molecule has 4 rings (SSSR count). The van der Waals surface area contributed by atoms with Crippen LogP contribution < -0.4 is 0 Å². The molecule has 1 atom stereocenters. The molecule has 2 nitrogen and oxygen atoms in total. The summed E-state index contributed by atoms with van der Waals surface area (Å²) in [5.74, 6) is 0. The van der Waals surface area contributed by atoms with Crippen molar-refractivity contribution in [2.45, 2.75) is 31.7 Å². The van der Waals surface area contributed by atoms with E-state index >= 15 is 0 Å². The number of nitrogens with zero attached hydrogens (tertiary/aromatic N) is 1. The first-order valence-corrected chi connectivity index (χ1v) is 6.74. The lowest BCUT2D eigenvalue weighted by molar-refractivity contribution is 0.263. The second kappa shape index (κ2) is 3.61. The predicted molar refractivity (Wildman–Crippen MR) is 70.3 cm³/mol. The number of H-pyrrole nitrogens is 1. The van der Waals surface area contributed by atoms with Gasteiger partial charge >= 0.3 is 0 Å². The molecule has 1 saturated heterocycles. The summed E-state index contributed by atoms with van der Waals surface area (Å²) in [5, 5.41) is 1.45. The molecule has 0 saturated carbocycles. The maximum atomic E-state index is 3.64. The highest BCUT2D eigenvalue weighted by molar-refractivity contribution is 5.84. The highest BCUT2D eigenvalue weighted by Gasteiger charge is 2.29. The minimum atomic E-state index is 0.796. The van der Waals surface area contributed by atoms with Gasteiger partial charge in [0.2, 0.25) is 0 Å². The lowest BCUT2D eigenvalue weighted by Crippen LogP contribution is -2.30. The minimum Gasteiger partial charge on any atom is -0.358 e. The predicted octanol–water partition coefficient (Wildman–Crippen LogP) is 2.73. The topological polar surface area (TPSA) is 19.0 Å². The molecule has 88 valence electrons. The fraction of sp³-hybridized carbons (Fsp3) is 0.467. The maximum Gasteiger partial charge on any atom is 0.0458 e. The average Bonchev–Trinajstić information content (AvgIpc) is 2.89. The smallest absolute Gasteiger partial charge is 0.0458 e. The number of hydrogen-bond donors (Lipinski definition) is 1. The summed E-state index contributed by atoms with van der Waals surface area (Å²) in [6.45, 7) is 2.56. The van der Waals surface area contributed by atoms with Crippen LogP contribution in [0, 0.1) is 0 Å². The third kappa shape index (κ3) is 1.44. The molecular formula is C15H18N2. The summed E-state index contributed by atoms with van der Waals surface area (Å²) in [7, 11) is 0. The molecular weight excluding hydrogens is 208 g/mol. The van der Waals surface area contributed by atoms with E-state index in [4.69, 9.17) is 0 Å². The largest absolute Gasteiger partial charge is 0.358 e. The highest BCUT2D eigenvalue weighted by Crippen LogP contribution is 2.30. The lowest BCUT2D eigenvalue weighted by atomic mass is 10.0. The number of aromatic nitrogens is 1. The summed E-state index contributed by atoms with van der Waals surface area (Å²) in [6.07, 6.45) is 5.22. The van der Waals surface area contributed by atoms with Crippen LogP contribution in [0.4, 0.5) is 0 Å². The van der Waals surface area contributed by atoms with Gasteiger partial charge in [-0.15, -0.1) is 0 Å². The van der Waals surface area contributed by atoms with Crippen molar-refractivity contribution < 1.29 is 0 Å². The van der Waals surface area contributed by atoms with E-state index in [1.54, 1.807) is 5.56 Å². The van der Waals surface area contributed by atoms with Crippen molar-refractivity contribution in [3.05, 3.63) is 35.5 Å². The number of rotatable bonds is 0. The second-order valence-corrected chi connectivity index (χ2v) is 5.41. The summed E-state index contributed by atoms with van der Waals surface area (Å²) < 4.78 is 0. The van der Waals surface area contributed by atoms with Crippen molar-refractivity contribution in [2.24, 2.45) is 0 Å². The number of fused-ring (bicyclic) bond motifs is 4. The van der Waals surface area contributed by atoms with Gasteiger partial charge in [0.05, 0.1) is 0 Å². The first kappa shape index (κ1) is 9.72. The SMILES string of the molecule is c1ccc2c3c([nH]c2c1)CC1CCCN1CC3. The van der Waals surface area contributed by atoms with Crippen LogP contribution in [-0.2, 0) is 12.8 Å². The summed E-state index contributed by atoms with van der Waals surface area (Å²) >= 11 is 0. The number of nitrogens with one attached hydrogen (secondary N) is 1. The van der Waals surface area contributed by atoms with Gasteiger partial charge in [-0.3, -0.25) is 4.90 Å². The van der Waals surface area contributed by atoms with E-state index < -0.39 is 0 Å². The van der Waals surface area contributed by atoms with Gasteiger partial charge < -0.3 is 4.98 Å². The Balaban J connectivity index is 1.83. The van der Waals surface area contributed by atoms with Gasteiger partial charge in [0.15, 0.2) is 0 Å². The van der Waals surface area contributed by atoms with Crippen LogP contribution in [0.3, 0.4) is 0 Å². The van der Waals surface area contributed by atoms with Crippen molar-refractivity contribution in [3.8, 4) is 0 Å². The Kier molecular flexibility index (Phi) is 2.06. The Morgan fingerprint density at radius 2 is 2.12 bits per heavy atom. The zero-order chi connectivity index (χ0) is 11.2. The fourth-order valence-corrected chi connectivity index (χ4v) is 3.63. The van der Waals surface area contributed by atoms with Crippen LogP contribution in [0.1, 0.15) is 24.1 Å². The van der Waals surface area contributed by atoms with E-state index in [0.717, 1.165) is 6.04 Å². The molecule has 2 aliphatic heterocycles. The molecule has 1 aromatic heterocycles. The number of hydrogen-bond acceptors (Lipinski definition) is 1. The fourth-order valence-electron chi connectivity index (χ4n) is 3.63. The first-order chi connectivity index (χ1) is 8.42. The molecule has 0 amide bonds. The van der Waals surface area contributed by atoms with E-state index in [-0.39, 0.29) is 0 Å². The molecule has 17 heavy (non-hydrogen) atoms. The molecule has 0 radical (unpaired) electrons. The van der Waals surface area contributed by atoms with Gasteiger partial charge in [0.25, 0.3) is 0 Å². The molecule has 2 heteroatoms. The molecule has 1 fully saturated rings. The number of aromatic amines is 1. The average molecular weight is 226 g/mol. The molecule has 0 spiro atoms. The monoisotopic (exact) mass is 226 g/mol. The van der Waals surface area contributed by atoms with Crippen LogP contribution in [0.5, 0.6) is 0 Å². The normalized spacial score (nSPS) is 24.6. The lowest BCUT2D eigenvalue weighted by Gasteiger charge is -2.20. The molecule has 0 aliphatic carbocycles. The van der Waals surface area contributed by atoms with Gasteiger partial charge in [-0.1, -0.05) is 18.2 Å². The molecule has 3 heterocycles. The first-order valence-electron chi connectivity index (χ1n) is 6.74. The standard InChI is InChI=1S/C15H18N2/c1-2-6-14-12(5-1)13-7-9-17-8-3-4-11(17)10-15(13)16-14/h1-2,5-6,11,16H,3-4,7-10H2. The molecule has 1 N–H and O–H groups in total. The van der Waals surface area contributed by atoms with Crippen LogP contribution in [0.15, 0.2) is 24.3 Å². The third-order valence-electron chi connectivity index (χ3n) is 4.49. The van der Waals surface area contributed by atoms with Crippen LogP contribution in [-0.4, -0.2) is 29.0 Å². The summed E-state index contributed by atoms with van der Waals surface area (Å²) in [5.41, 5.74) is 4.40. The zero-order valence-corrected chi connectivity index (χ0v) is 10.1. The van der Waals surface area contributed by atoms with E-state index in [1.165, 1.54) is 55.4 Å². The van der Waals surface area contributed by atoms with Crippen LogP contribution in [0.25, 0.3) is 10.9 Å². The van der Waals surface area contributed by atoms with E-state index in [0.29, 0.717) is 0 Å². The summed E-state index contributed by atoms with van der Waals surface area (Å²) in [6, 6.07) is 9.55. The Hall–Kier alpha value is -1.28. The van der Waals surface area contributed by atoms with E-state index in [9.17, 15) is 0 Å². The highest BCUT2D eigenvalue weighted by atomic mass is 15.2. The van der Waals surface area contributed by atoms with Gasteiger partial charge in [-0.25, -0.2) is 0 Å². The van der Waals surface area contributed by atoms with E-state index in [1.807, 2.05) is 0 Å². The summed E-state index contributed by atoms with van der Waals surface area (Å²) in [4.78, 5) is 6.33. The van der Waals surface area contributed by atoms with Gasteiger partial charge in [0, 0.05) is 35.6 Å². The molecule has 2 aliphatic rings. The molecule has 0 bridgehead atoms. The van der Waals surface area contributed by atoms with Crippen molar-refractivity contribution >= 4 is 10.9 Å². The van der Waals surface area contributed by atoms with Crippen LogP contribution in [0.2, 0.25) is 0 Å². The van der Waals surface area contributed by atoms with Crippen molar-refractivity contribution in [3.63, 3.8) is 0 Å². The van der Waals surface area contributed by atoms with Crippen molar-refractivity contribution in [1.29, 1.82) is 0 Å². The van der Waals surface area contributed by atoms with Gasteiger partial charge in [-0.2, -0.15) is 0 Å². The second-order valence-electron chi connectivity index (χ2n) is 5.41. The quantitative estimate of drug-likeness (QED) is 0.732. The molecule has 1 unspecified atom stereocenters. The Bertz CT molecular complexity index is 555. The molecule has 1 aromatic carbocycles. The Morgan fingerprint density at radius 1 is 1.18 bits per heavy atom. The van der Waals surface area contributed by atoms with Crippen molar-refractivity contribution in [2.75, 3.05) is 13.1 Å². The van der Waals surface area contributed by atoms with Crippen LogP contribution >= 0.6 is 0 Å². The molecule has 2 aromatic rings. The van der Waals surface area contributed by atoms with Crippen molar-refractivity contribution in [1.82, 2.24) is 9.88 Å². The number of para-hydroxylation sites is 1. The maximum absolute atomic E-state index is 3.64. The van der Waals surface area contributed by atoms with Gasteiger partial charge in [0.1, 0.15) is 0 Å².